The van der Waals surface area contributed by atoms with E-state index in [1.165, 1.54) is 18.6 Å². The van der Waals surface area contributed by atoms with Gasteiger partial charge in [0.2, 0.25) is 5.91 Å². The van der Waals surface area contributed by atoms with Gasteiger partial charge in [-0.1, -0.05) is 32.6 Å². The molecule has 0 saturated heterocycles. The predicted octanol–water partition coefficient (Wildman–Crippen LogP) is 3.60. The van der Waals surface area contributed by atoms with Gasteiger partial charge in [-0.2, -0.15) is 0 Å². The number of nitro groups is 1. The summed E-state index contributed by atoms with van der Waals surface area (Å²) in [5.41, 5.74) is -0.00535. The molecule has 0 radical (unpaired) electrons. The largest absolute Gasteiger partial charge is 0.506 e. The number of rotatable bonds is 8. The second-order valence-corrected chi connectivity index (χ2v) is 4.67. The molecule has 0 saturated carbocycles. The fourth-order valence-corrected chi connectivity index (χ4v) is 1.84. The minimum atomic E-state index is -0.598. The van der Waals surface area contributed by atoms with Crippen LogP contribution in [0, 0.1) is 10.1 Å². The third-order valence-corrected chi connectivity index (χ3v) is 2.97. The Kier molecular flexibility index (Phi) is 6.49. The minimum Gasteiger partial charge on any atom is -0.506 e. The van der Waals surface area contributed by atoms with Crippen molar-refractivity contribution in [3.05, 3.63) is 28.3 Å². The van der Waals surface area contributed by atoms with Crippen LogP contribution in [0.15, 0.2) is 18.2 Å². The number of aromatic hydroxyl groups is 1. The molecule has 0 aliphatic rings. The highest BCUT2D eigenvalue weighted by Crippen LogP contribution is 2.27. The van der Waals surface area contributed by atoms with E-state index in [2.05, 4.69) is 12.2 Å². The van der Waals surface area contributed by atoms with E-state index in [9.17, 15) is 20.0 Å². The van der Waals surface area contributed by atoms with Gasteiger partial charge in [0, 0.05) is 12.5 Å². The number of nitro benzene ring substituents is 1. The summed E-state index contributed by atoms with van der Waals surface area (Å²) in [6, 6.07) is 3.61. The molecule has 0 fully saturated rings. The van der Waals surface area contributed by atoms with Gasteiger partial charge in [-0.3, -0.25) is 14.9 Å². The maximum atomic E-state index is 11.7. The van der Waals surface area contributed by atoms with E-state index in [0.29, 0.717) is 6.42 Å². The average Bonchev–Trinajstić information content (AvgIpc) is 2.40. The van der Waals surface area contributed by atoms with Crippen LogP contribution in [0.4, 0.5) is 11.4 Å². The second kappa shape index (κ2) is 8.14. The van der Waals surface area contributed by atoms with Gasteiger partial charge in [-0.25, -0.2) is 0 Å². The van der Waals surface area contributed by atoms with Crippen molar-refractivity contribution < 1.29 is 14.8 Å². The maximum absolute atomic E-state index is 11.7. The lowest BCUT2D eigenvalue weighted by Crippen LogP contribution is -2.11. The number of carbonyl (C=O) groups excluding carboxylic acids is 1. The van der Waals surface area contributed by atoms with E-state index in [1.54, 1.807) is 0 Å². The van der Waals surface area contributed by atoms with Crippen LogP contribution in [0.5, 0.6) is 5.75 Å². The normalized spacial score (nSPS) is 10.2. The number of unbranched alkanes of at least 4 members (excludes halogenated alkanes) is 4. The zero-order chi connectivity index (χ0) is 15.0. The summed E-state index contributed by atoms with van der Waals surface area (Å²) < 4.78 is 0. The van der Waals surface area contributed by atoms with Crippen LogP contribution in [-0.4, -0.2) is 15.9 Å². The first-order valence-electron chi connectivity index (χ1n) is 6.82. The number of benzene rings is 1. The third-order valence-electron chi connectivity index (χ3n) is 2.97. The molecule has 1 amide bonds. The topological polar surface area (TPSA) is 92.5 Å². The molecule has 110 valence electrons. The summed E-state index contributed by atoms with van der Waals surface area (Å²) in [7, 11) is 0. The summed E-state index contributed by atoms with van der Waals surface area (Å²) in [4.78, 5) is 21.6. The first kappa shape index (κ1) is 15.9. The Labute approximate surface area is 118 Å². The van der Waals surface area contributed by atoms with Crippen molar-refractivity contribution in [1.29, 1.82) is 0 Å². The van der Waals surface area contributed by atoms with E-state index < -0.39 is 4.92 Å². The molecule has 0 aliphatic heterocycles. The number of hydrogen-bond acceptors (Lipinski definition) is 4. The van der Waals surface area contributed by atoms with Gasteiger partial charge < -0.3 is 10.4 Å². The summed E-state index contributed by atoms with van der Waals surface area (Å²) in [6.07, 6.45) is 5.65. The number of nitrogens with one attached hydrogen (secondary N) is 1. The van der Waals surface area contributed by atoms with Gasteiger partial charge in [0.15, 0.2) is 0 Å². The minimum absolute atomic E-state index is 0.189. The lowest BCUT2D eigenvalue weighted by atomic mass is 10.1. The summed E-state index contributed by atoms with van der Waals surface area (Å²) in [6.45, 7) is 2.13. The molecule has 0 bridgehead atoms. The van der Waals surface area contributed by atoms with Crippen LogP contribution < -0.4 is 5.32 Å². The highest BCUT2D eigenvalue weighted by molar-refractivity contribution is 5.92. The van der Waals surface area contributed by atoms with Crippen molar-refractivity contribution in [1.82, 2.24) is 0 Å². The number of phenols is 1. The zero-order valence-corrected chi connectivity index (χ0v) is 11.6. The molecule has 0 spiro atoms. The summed E-state index contributed by atoms with van der Waals surface area (Å²) >= 11 is 0. The second-order valence-electron chi connectivity index (χ2n) is 4.67. The molecule has 6 nitrogen and oxygen atoms in total. The van der Waals surface area contributed by atoms with Gasteiger partial charge in [-0.15, -0.1) is 0 Å². The van der Waals surface area contributed by atoms with Crippen molar-refractivity contribution >= 4 is 17.3 Å². The Bertz CT molecular complexity index is 474. The molecule has 1 aromatic carbocycles. The summed E-state index contributed by atoms with van der Waals surface area (Å²) in [5, 5.41) is 22.7. The third kappa shape index (κ3) is 5.26. The Balaban J connectivity index is 2.44. The van der Waals surface area contributed by atoms with E-state index in [1.807, 2.05) is 0 Å². The first-order valence-corrected chi connectivity index (χ1v) is 6.82. The fraction of sp³-hybridized carbons (Fsp3) is 0.500. The number of anilines is 1. The molecule has 0 aliphatic carbocycles. The number of phenolic OH excluding ortho intramolecular Hbond substituents is 1. The molecule has 6 heteroatoms. The van der Waals surface area contributed by atoms with Gasteiger partial charge in [0.25, 0.3) is 5.69 Å². The van der Waals surface area contributed by atoms with Gasteiger partial charge in [0.1, 0.15) is 5.75 Å². The number of non-ortho nitro benzene ring substituents is 1. The van der Waals surface area contributed by atoms with Crippen LogP contribution >= 0.6 is 0 Å². The van der Waals surface area contributed by atoms with E-state index in [4.69, 9.17) is 0 Å². The molecule has 0 heterocycles. The fourth-order valence-electron chi connectivity index (χ4n) is 1.84. The van der Waals surface area contributed by atoms with Crippen molar-refractivity contribution in [2.75, 3.05) is 5.32 Å². The van der Waals surface area contributed by atoms with Crippen molar-refractivity contribution in [3.63, 3.8) is 0 Å². The monoisotopic (exact) mass is 280 g/mol. The van der Waals surface area contributed by atoms with Crippen molar-refractivity contribution in [3.8, 4) is 5.75 Å². The first-order chi connectivity index (χ1) is 9.54. The molecule has 1 rings (SSSR count). The molecule has 1 aromatic rings. The van der Waals surface area contributed by atoms with Gasteiger partial charge in [0.05, 0.1) is 16.7 Å². The number of hydrogen-bond donors (Lipinski definition) is 2. The molecular weight excluding hydrogens is 260 g/mol. The van der Waals surface area contributed by atoms with Crippen LogP contribution in [0.25, 0.3) is 0 Å². The van der Waals surface area contributed by atoms with Gasteiger partial charge >= 0.3 is 0 Å². The predicted molar refractivity (Wildman–Crippen MR) is 76.8 cm³/mol. The Morgan fingerprint density at radius 3 is 2.60 bits per heavy atom. The van der Waals surface area contributed by atoms with Crippen LogP contribution in [0.3, 0.4) is 0 Å². The highest BCUT2D eigenvalue weighted by atomic mass is 16.6. The smallest absolute Gasteiger partial charge is 0.273 e. The number of amides is 1. The van der Waals surface area contributed by atoms with E-state index >= 15 is 0 Å². The lowest BCUT2D eigenvalue weighted by Gasteiger charge is -2.07. The molecule has 0 aromatic heterocycles. The van der Waals surface area contributed by atoms with Crippen LogP contribution in [0.1, 0.15) is 45.4 Å². The SMILES string of the molecule is CCCCCCCC(=O)Nc1ccc([N+](=O)[O-])cc1O. The Morgan fingerprint density at radius 2 is 2.00 bits per heavy atom. The quantitative estimate of drug-likeness (QED) is 0.329. The van der Waals surface area contributed by atoms with Crippen molar-refractivity contribution in [2.24, 2.45) is 0 Å². The molecule has 20 heavy (non-hydrogen) atoms. The lowest BCUT2D eigenvalue weighted by molar-refractivity contribution is -0.384. The number of nitrogens with zero attached hydrogens (tertiary/aromatic N) is 1. The maximum Gasteiger partial charge on any atom is 0.273 e. The summed E-state index contributed by atoms with van der Waals surface area (Å²) in [5.74, 6) is -0.482. The molecule has 0 atom stereocenters. The van der Waals surface area contributed by atoms with Crippen LogP contribution in [-0.2, 0) is 4.79 Å². The highest BCUT2D eigenvalue weighted by Gasteiger charge is 2.11. The number of carbonyl (C=O) groups is 1. The zero-order valence-electron chi connectivity index (χ0n) is 11.6. The van der Waals surface area contributed by atoms with Gasteiger partial charge in [-0.05, 0) is 12.5 Å². The standard InChI is InChI=1S/C14H20N2O4/c1-2-3-4-5-6-7-14(18)15-12-9-8-11(16(19)20)10-13(12)17/h8-10,17H,2-7H2,1H3,(H,15,18). The van der Waals surface area contributed by atoms with E-state index in [-0.39, 0.29) is 23.0 Å². The average molecular weight is 280 g/mol. The molecule has 2 N–H and O–H groups in total. The Hall–Kier alpha value is -2.11. The Morgan fingerprint density at radius 1 is 1.30 bits per heavy atom. The molecule has 0 unspecified atom stereocenters. The van der Waals surface area contributed by atoms with Crippen LogP contribution in [0.2, 0.25) is 0 Å². The van der Waals surface area contributed by atoms with E-state index in [0.717, 1.165) is 31.7 Å². The van der Waals surface area contributed by atoms with Crippen molar-refractivity contribution in [2.45, 2.75) is 45.4 Å². The molecular formula is C14H20N2O4.